The molecule has 1 heterocycles. The van der Waals surface area contributed by atoms with Crippen LogP contribution in [0.2, 0.25) is 0 Å². The number of esters is 1. The second-order valence-electron chi connectivity index (χ2n) is 5.91. The Labute approximate surface area is 125 Å². The number of carbonyl (C=O) groups excluding carboxylic acids is 1. The van der Waals surface area contributed by atoms with Crippen molar-refractivity contribution in [2.24, 2.45) is 0 Å². The molecule has 0 aromatic heterocycles. The van der Waals surface area contributed by atoms with Gasteiger partial charge in [0.15, 0.2) is 0 Å². The van der Waals surface area contributed by atoms with Crippen molar-refractivity contribution in [2.75, 3.05) is 13.2 Å². The number of hydrogen-bond acceptors (Lipinski definition) is 4. The smallest absolute Gasteiger partial charge is 0.338 e. The van der Waals surface area contributed by atoms with Crippen LogP contribution in [0.5, 0.6) is 5.75 Å². The lowest BCUT2D eigenvalue weighted by atomic mass is 9.97. The highest BCUT2D eigenvalue weighted by Gasteiger charge is 2.23. The Bertz CT molecular complexity index is 502. The first-order valence-corrected chi connectivity index (χ1v) is 7.78. The van der Waals surface area contributed by atoms with Gasteiger partial charge >= 0.3 is 5.97 Å². The van der Waals surface area contributed by atoms with E-state index in [1.165, 1.54) is 6.42 Å². The standard InChI is InChI=1S/C17H22O4/c1-12-9-14(19-10-15-11-20-15)7-8-16(12)17(18)21-13-5-3-2-4-6-13/h7-9,13,15H,2-6,10-11H2,1H3. The van der Waals surface area contributed by atoms with Crippen LogP contribution in [0, 0.1) is 6.92 Å². The van der Waals surface area contributed by atoms with Crippen LogP contribution < -0.4 is 4.74 Å². The summed E-state index contributed by atoms with van der Waals surface area (Å²) in [6.45, 7) is 3.27. The molecule has 2 fully saturated rings. The first-order valence-electron chi connectivity index (χ1n) is 7.78. The first-order chi connectivity index (χ1) is 10.2. The summed E-state index contributed by atoms with van der Waals surface area (Å²) in [6.07, 6.45) is 5.89. The summed E-state index contributed by atoms with van der Waals surface area (Å²) in [5.41, 5.74) is 1.53. The molecular weight excluding hydrogens is 268 g/mol. The van der Waals surface area contributed by atoms with E-state index >= 15 is 0 Å². The normalized spacial score (nSPS) is 21.9. The molecule has 0 amide bonds. The van der Waals surface area contributed by atoms with E-state index in [1.54, 1.807) is 6.07 Å². The van der Waals surface area contributed by atoms with Crippen LogP contribution in [-0.4, -0.2) is 31.4 Å². The molecule has 0 N–H and O–H groups in total. The van der Waals surface area contributed by atoms with E-state index in [-0.39, 0.29) is 18.2 Å². The Balaban J connectivity index is 1.59. The summed E-state index contributed by atoms with van der Waals surface area (Å²) in [5, 5.41) is 0. The van der Waals surface area contributed by atoms with E-state index in [0.717, 1.165) is 43.6 Å². The largest absolute Gasteiger partial charge is 0.491 e. The fraction of sp³-hybridized carbons (Fsp3) is 0.588. The van der Waals surface area contributed by atoms with Gasteiger partial charge in [-0.15, -0.1) is 0 Å². The van der Waals surface area contributed by atoms with Crippen LogP contribution in [-0.2, 0) is 9.47 Å². The van der Waals surface area contributed by atoms with Crippen LogP contribution in [0.3, 0.4) is 0 Å². The van der Waals surface area contributed by atoms with Crippen LogP contribution in [0.4, 0.5) is 0 Å². The van der Waals surface area contributed by atoms with Gasteiger partial charge in [-0.05, 0) is 56.4 Å². The van der Waals surface area contributed by atoms with Crippen LogP contribution in [0.25, 0.3) is 0 Å². The Morgan fingerprint density at radius 3 is 2.71 bits per heavy atom. The molecule has 0 bridgehead atoms. The second kappa shape index (κ2) is 6.48. The number of hydrogen-bond donors (Lipinski definition) is 0. The Hall–Kier alpha value is -1.55. The van der Waals surface area contributed by atoms with E-state index in [1.807, 2.05) is 19.1 Å². The van der Waals surface area contributed by atoms with Gasteiger partial charge in [0, 0.05) is 0 Å². The van der Waals surface area contributed by atoms with E-state index in [0.29, 0.717) is 12.2 Å². The molecule has 0 spiro atoms. The lowest BCUT2D eigenvalue weighted by Crippen LogP contribution is -2.21. The summed E-state index contributed by atoms with van der Waals surface area (Å²) in [5.74, 6) is 0.564. The maximum absolute atomic E-state index is 12.2. The maximum atomic E-state index is 12.2. The molecule has 1 saturated carbocycles. The molecule has 1 aromatic rings. The van der Waals surface area contributed by atoms with Gasteiger partial charge in [-0.2, -0.15) is 0 Å². The number of carbonyl (C=O) groups is 1. The van der Waals surface area contributed by atoms with Crippen molar-refractivity contribution < 1.29 is 19.0 Å². The van der Waals surface area contributed by atoms with E-state index < -0.39 is 0 Å². The zero-order valence-electron chi connectivity index (χ0n) is 12.5. The molecule has 2 aliphatic rings. The molecule has 114 valence electrons. The quantitative estimate of drug-likeness (QED) is 0.617. The van der Waals surface area contributed by atoms with Gasteiger partial charge in [0.2, 0.25) is 0 Å². The predicted octanol–water partition coefficient (Wildman–Crippen LogP) is 3.26. The predicted molar refractivity (Wildman–Crippen MR) is 78.7 cm³/mol. The zero-order valence-corrected chi connectivity index (χ0v) is 12.5. The van der Waals surface area contributed by atoms with Crippen LogP contribution in [0.15, 0.2) is 18.2 Å². The highest BCUT2D eigenvalue weighted by atomic mass is 16.6. The van der Waals surface area contributed by atoms with Gasteiger partial charge in [-0.25, -0.2) is 4.79 Å². The SMILES string of the molecule is Cc1cc(OCC2CO2)ccc1C(=O)OC1CCCCC1. The average molecular weight is 290 g/mol. The summed E-state index contributed by atoms with van der Waals surface area (Å²) >= 11 is 0. The molecule has 21 heavy (non-hydrogen) atoms. The van der Waals surface area contributed by atoms with Crippen molar-refractivity contribution >= 4 is 5.97 Å². The minimum atomic E-state index is -0.212. The number of ether oxygens (including phenoxy) is 3. The Morgan fingerprint density at radius 2 is 2.05 bits per heavy atom. The molecule has 1 atom stereocenters. The van der Waals surface area contributed by atoms with Gasteiger partial charge in [-0.3, -0.25) is 0 Å². The average Bonchev–Trinajstić information content (AvgIpc) is 3.30. The summed E-state index contributed by atoms with van der Waals surface area (Å²) in [4.78, 5) is 12.2. The molecular formula is C17H22O4. The zero-order chi connectivity index (χ0) is 14.7. The minimum absolute atomic E-state index is 0.0913. The molecule has 1 aliphatic carbocycles. The lowest BCUT2D eigenvalue weighted by Gasteiger charge is -2.22. The van der Waals surface area contributed by atoms with Crippen LogP contribution >= 0.6 is 0 Å². The van der Waals surface area contributed by atoms with Crippen molar-refractivity contribution in [2.45, 2.75) is 51.2 Å². The van der Waals surface area contributed by atoms with Gasteiger partial charge in [-0.1, -0.05) is 6.42 Å². The molecule has 1 unspecified atom stereocenters. The topological polar surface area (TPSA) is 48.1 Å². The Kier molecular flexibility index (Phi) is 4.44. The van der Waals surface area contributed by atoms with E-state index in [9.17, 15) is 4.79 Å². The fourth-order valence-electron chi connectivity index (χ4n) is 2.71. The van der Waals surface area contributed by atoms with Crippen molar-refractivity contribution in [3.63, 3.8) is 0 Å². The van der Waals surface area contributed by atoms with Gasteiger partial charge in [0.05, 0.1) is 12.2 Å². The molecule has 1 aliphatic heterocycles. The second-order valence-corrected chi connectivity index (χ2v) is 5.91. The third-order valence-electron chi connectivity index (χ3n) is 4.08. The van der Waals surface area contributed by atoms with Gasteiger partial charge < -0.3 is 14.2 Å². The molecule has 1 saturated heterocycles. The fourth-order valence-corrected chi connectivity index (χ4v) is 2.71. The van der Waals surface area contributed by atoms with Crippen molar-refractivity contribution in [1.29, 1.82) is 0 Å². The molecule has 4 nitrogen and oxygen atoms in total. The number of epoxide rings is 1. The first kappa shape index (κ1) is 14.4. The summed E-state index contributed by atoms with van der Waals surface area (Å²) in [7, 11) is 0. The lowest BCUT2D eigenvalue weighted by molar-refractivity contribution is 0.0210. The summed E-state index contributed by atoms with van der Waals surface area (Å²) in [6, 6.07) is 5.51. The highest BCUT2D eigenvalue weighted by Crippen LogP contribution is 2.24. The van der Waals surface area contributed by atoms with Crippen molar-refractivity contribution in [3.05, 3.63) is 29.3 Å². The molecule has 3 rings (SSSR count). The third kappa shape index (κ3) is 3.97. The van der Waals surface area contributed by atoms with Crippen LogP contribution in [0.1, 0.15) is 48.0 Å². The molecule has 4 heteroatoms. The number of aryl methyl sites for hydroxylation is 1. The van der Waals surface area contributed by atoms with Gasteiger partial charge in [0.1, 0.15) is 24.6 Å². The maximum Gasteiger partial charge on any atom is 0.338 e. The number of rotatable bonds is 5. The van der Waals surface area contributed by atoms with Crippen molar-refractivity contribution in [3.8, 4) is 5.75 Å². The third-order valence-corrected chi connectivity index (χ3v) is 4.08. The number of benzene rings is 1. The van der Waals surface area contributed by atoms with Crippen molar-refractivity contribution in [1.82, 2.24) is 0 Å². The molecule has 0 radical (unpaired) electrons. The molecule has 1 aromatic carbocycles. The highest BCUT2D eigenvalue weighted by molar-refractivity contribution is 5.91. The van der Waals surface area contributed by atoms with E-state index in [4.69, 9.17) is 14.2 Å². The van der Waals surface area contributed by atoms with Gasteiger partial charge in [0.25, 0.3) is 0 Å². The van der Waals surface area contributed by atoms with E-state index in [2.05, 4.69) is 0 Å². The summed E-state index contributed by atoms with van der Waals surface area (Å²) < 4.78 is 16.3. The Morgan fingerprint density at radius 1 is 1.29 bits per heavy atom. The monoisotopic (exact) mass is 290 g/mol. The minimum Gasteiger partial charge on any atom is -0.491 e.